The van der Waals surface area contributed by atoms with E-state index in [2.05, 4.69) is 19.2 Å². The van der Waals surface area contributed by atoms with Crippen molar-refractivity contribution in [1.82, 2.24) is 10.2 Å². The molecule has 1 N–H and O–H groups in total. The third-order valence-corrected chi connectivity index (χ3v) is 4.19. The molecule has 1 aliphatic heterocycles. The van der Waals surface area contributed by atoms with Crippen LogP contribution < -0.4 is 5.32 Å². The van der Waals surface area contributed by atoms with Crippen molar-refractivity contribution in [3.63, 3.8) is 0 Å². The molecule has 114 valence electrons. The van der Waals surface area contributed by atoms with Crippen molar-refractivity contribution < 1.29 is 9.59 Å². The van der Waals surface area contributed by atoms with Crippen LogP contribution in [0.3, 0.4) is 0 Å². The zero-order valence-electron chi connectivity index (χ0n) is 13.0. The first-order valence-electron chi connectivity index (χ1n) is 7.74. The van der Waals surface area contributed by atoms with Crippen LogP contribution in [0.5, 0.6) is 0 Å². The Kier molecular flexibility index (Phi) is 4.99. The van der Waals surface area contributed by atoms with Crippen LogP contribution in [0.15, 0.2) is 30.3 Å². The van der Waals surface area contributed by atoms with Gasteiger partial charge in [0.05, 0.1) is 0 Å². The molecular formula is C17H24N2O2. The molecule has 4 nitrogen and oxygen atoms in total. The zero-order valence-corrected chi connectivity index (χ0v) is 13.0. The van der Waals surface area contributed by atoms with E-state index in [9.17, 15) is 9.59 Å². The van der Waals surface area contributed by atoms with Gasteiger partial charge in [-0.25, -0.2) is 0 Å². The van der Waals surface area contributed by atoms with Gasteiger partial charge in [-0.15, -0.1) is 0 Å². The van der Waals surface area contributed by atoms with Crippen LogP contribution in [0.4, 0.5) is 0 Å². The highest BCUT2D eigenvalue weighted by atomic mass is 16.2. The molecule has 21 heavy (non-hydrogen) atoms. The Bertz CT molecular complexity index is 501. The Morgan fingerprint density at radius 1 is 1.19 bits per heavy atom. The van der Waals surface area contributed by atoms with Crippen molar-refractivity contribution >= 4 is 11.8 Å². The lowest BCUT2D eigenvalue weighted by Gasteiger charge is -2.40. The monoisotopic (exact) mass is 288 g/mol. The van der Waals surface area contributed by atoms with Gasteiger partial charge in [-0.1, -0.05) is 57.5 Å². The first kappa shape index (κ1) is 15.5. The van der Waals surface area contributed by atoms with Crippen molar-refractivity contribution in [2.45, 2.75) is 45.7 Å². The van der Waals surface area contributed by atoms with Gasteiger partial charge < -0.3 is 10.2 Å². The van der Waals surface area contributed by atoms with Crippen LogP contribution >= 0.6 is 0 Å². The summed E-state index contributed by atoms with van der Waals surface area (Å²) in [5, 5.41) is 2.86. The molecule has 1 aromatic carbocycles. The molecule has 0 aromatic heterocycles. The van der Waals surface area contributed by atoms with Crippen LogP contribution in [-0.4, -0.2) is 29.3 Å². The fourth-order valence-electron chi connectivity index (χ4n) is 2.68. The fourth-order valence-corrected chi connectivity index (χ4v) is 2.68. The molecule has 2 amide bonds. The number of hydrogen-bond acceptors (Lipinski definition) is 2. The highest BCUT2D eigenvalue weighted by Crippen LogP contribution is 2.27. The second kappa shape index (κ2) is 6.74. The van der Waals surface area contributed by atoms with E-state index in [1.807, 2.05) is 37.3 Å². The maximum absolute atomic E-state index is 12.6. The topological polar surface area (TPSA) is 49.4 Å². The smallest absolute Gasteiger partial charge is 0.248 e. The molecule has 3 atom stereocenters. The number of carbonyl (C=O) groups excluding carboxylic acids is 2. The minimum absolute atomic E-state index is 0.0336. The molecule has 0 aliphatic carbocycles. The van der Waals surface area contributed by atoms with Gasteiger partial charge in [0.2, 0.25) is 11.8 Å². The van der Waals surface area contributed by atoms with Crippen LogP contribution in [0.1, 0.15) is 45.2 Å². The number of amides is 2. The van der Waals surface area contributed by atoms with E-state index >= 15 is 0 Å². The van der Waals surface area contributed by atoms with Gasteiger partial charge in [-0.3, -0.25) is 9.59 Å². The summed E-state index contributed by atoms with van der Waals surface area (Å²) in [5.41, 5.74) is 0.876. The molecular weight excluding hydrogens is 264 g/mol. The van der Waals surface area contributed by atoms with E-state index in [1.165, 1.54) is 0 Å². The zero-order chi connectivity index (χ0) is 15.4. The molecule has 2 rings (SSSR count). The highest BCUT2D eigenvalue weighted by Gasteiger charge is 2.40. The Morgan fingerprint density at radius 3 is 2.43 bits per heavy atom. The molecule has 0 saturated carbocycles. The summed E-state index contributed by atoms with van der Waals surface area (Å²) in [5.74, 6) is 0.339. The van der Waals surface area contributed by atoms with Crippen molar-refractivity contribution in [2.24, 2.45) is 5.92 Å². The summed E-state index contributed by atoms with van der Waals surface area (Å²) >= 11 is 0. The lowest BCUT2D eigenvalue weighted by molar-refractivity contribution is -0.150. The lowest BCUT2D eigenvalue weighted by atomic mass is 9.96. The van der Waals surface area contributed by atoms with Gasteiger partial charge in [-0.2, -0.15) is 0 Å². The molecule has 0 spiro atoms. The average molecular weight is 288 g/mol. The second-order valence-electron chi connectivity index (χ2n) is 5.79. The molecule has 4 heteroatoms. The summed E-state index contributed by atoms with van der Waals surface area (Å²) in [4.78, 5) is 26.9. The number of piperazine rings is 1. The molecule has 3 unspecified atom stereocenters. The summed E-state index contributed by atoms with van der Waals surface area (Å²) in [6.07, 6.45) is 1.62. The molecule has 1 aromatic rings. The number of benzene rings is 1. The van der Waals surface area contributed by atoms with E-state index in [0.717, 1.165) is 12.0 Å². The lowest BCUT2D eigenvalue weighted by Crippen LogP contribution is -2.59. The molecule has 0 radical (unpaired) electrons. The minimum atomic E-state index is -0.504. The summed E-state index contributed by atoms with van der Waals surface area (Å²) in [6.45, 7) is 6.77. The van der Waals surface area contributed by atoms with Gasteiger partial charge in [0, 0.05) is 6.54 Å². The third-order valence-electron chi connectivity index (χ3n) is 4.19. The maximum Gasteiger partial charge on any atom is 0.248 e. The Morgan fingerprint density at radius 2 is 1.86 bits per heavy atom. The van der Waals surface area contributed by atoms with Crippen LogP contribution in [0.25, 0.3) is 0 Å². The molecule has 1 aliphatic rings. The van der Waals surface area contributed by atoms with Gasteiger partial charge in [0.25, 0.3) is 0 Å². The Labute approximate surface area is 126 Å². The predicted octanol–water partition coefficient (Wildman–Crippen LogP) is 2.51. The van der Waals surface area contributed by atoms with Crippen molar-refractivity contribution in [1.29, 1.82) is 0 Å². The second-order valence-corrected chi connectivity index (χ2v) is 5.79. The fraction of sp³-hybridized carbons (Fsp3) is 0.529. The van der Waals surface area contributed by atoms with Crippen LogP contribution in [-0.2, 0) is 9.59 Å². The van der Waals surface area contributed by atoms with Gasteiger partial charge >= 0.3 is 0 Å². The predicted molar refractivity (Wildman–Crippen MR) is 82.6 cm³/mol. The van der Waals surface area contributed by atoms with E-state index in [0.29, 0.717) is 18.9 Å². The van der Waals surface area contributed by atoms with E-state index in [1.54, 1.807) is 4.90 Å². The summed E-state index contributed by atoms with van der Waals surface area (Å²) in [6, 6.07) is 8.65. The number of carbonyl (C=O) groups is 2. The third kappa shape index (κ3) is 3.26. The van der Waals surface area contributed by atoms with Crippen molar-refractivity contribution in [3.05, 3.63) is 35.9 Å². The number of rotatable bonds is 5. The summed E-state index contributed by atoms with van der Waals surface area (Å²) in [7, 11) is 0. The quantitative estimate of drug-likeness (QED) is 0.905. The maximum atomic E-state index is 12.6. The largest absolute Gasteiger partial charge is 0.342 e. The molecule has 1 heterocycles. The number of hydrogen-bond donors (Lipinski definition) is 1. The average Bonchev–Trinajstić information content (AvgIpc) is 2.51. The first-order chi connectivity index (χ1) is 10.1. The molecule has 0 bridgehead atoms. The van der Waals surface area contributed by atoms with Crippen molar-refractivity contribution in [3.8, 4) is 0 Å². The highest BCUT2D eigenvalue weighted by molar-refractivity contribution is 5.97. The van der Waals surface area contributed by atoms with Gasteiger partial charge in [-0.05, 0) is 17.9 Å². The van der Waals surface area contributed by atoms with E-state index < -0.39 is 6.04 Å². The molecule has 1 saturated heterocycles. The normalized spacial score (nSPS) is 23.9. The van der Waals surface area contributed by atoms with Crippen LogP contribution in [0.2, 0.25) is 0 Å². The summed E-state index contributed by atoms with van der Waals surface area (Å²) < 4.78 is 0. The minimum Gasteiger partial charge on any atom is -0.342 e. The Balaban J connectivity index is 2.34. The van der Waals surface area contributed by atoms with E-state index in [4.69, 9.17) is 0 Å². The number of nitrogens with one attached hydrogen (secondary N) is 1. The molecule has 1 fully saturated rings. The van der Waals surface area contributed by atoms with Crippen molar-refractivity contribution in [2.75, 3.05) is 6.54 Å². The van der Waals surface area contributed by atoms with Crippen LogP contribution in [0, 0.1) is 5.92 Å². The Hall–Kier alpha value is -1.84. The standard InChI is InChI=1S/C17H24N2O2/c1-4-12(3)11-19-15(13-9-7-6-8-10-13)16(20)18-14(5-2)17(19)21/h6-10,12,14-15H,4-5,11H2,1-3H3,(H,18,20). The SMILES string of the molecule is CCC(C)CN1C(=O)C(CC)NC(=O)C1c1ccccc1. The van der Waals surface area contributed by atoms with E-state index in [-0.39, 0.29) is 17.9 Å². The van der Waals surface area contributed by atoms with Gasteiger partial charge in [0.15, 0.2) is 0 Å². The van der Waals surface area contributed by atoms with Gasteiger partial charge in [0.1, 0.15) is 12.1 Å². The number of nitrogens with zero attached hydrogens (tertiary/aromatic N) is 1. The first-order valence-corrected chi connectivity index (χ1v) is 7.74.